The van der Waals surface area contributed by atoms with Gasteiger partial charge in [0.15, 0.2) is 0 Å². The van der Waals surface area contributed by atoms with Gasteiger partial charge in [-0.3, -0.25) is 4.98 Å². The fourth-order valence-corrected chi connectivity index (χ4v) is 2.27. The van der Waals surface area contributed by atoms with Gasteiger partial charge in [0, 0.05) is 34.1 Å². The van der Waals surface area contributed by atoms with Gasteiger partial charge >= 0.3 is 0 Å². The van der Waals surface area contributed by atoms with Crippen LogP contribution >= 0.6 is 11.6 Å². The highest BCUT2D eigenvalue weighted by Gasteiger charge is 2.24. The van der Waals surface area contributed by atoms with Crippen LogP contribution in [0.5, 0.6) is 0 Å². The average molecular weight is 235 g/mol. The molecule has 1 aromatic carbocycles. The Bertz CT molecular complexity index is 520. The summed E-state index contributed by atoms with van der Waals surface area (Å²) in [6.45, 7) is 4.72. The Kier molecular flexibility index (Phi) is 2.87. The van der Waals surface area contributed by atoms with Crippen LogP contribution in [-0.2, 0) is 5.41 Å². The van der Waals surface area contributed by atoms with Crippen molar-refractivity contribution >= 4 is 22.5 Å². The Balaban J connectivity index is 2.81. The van der Waals surface area contributed by atoms with Crippen LogP contribution in [0.2, 0.25) is 5.02 Å². The summed E-state index contributed by atoms with van der Waals surface area (Å²) in [5, 5.41) is 1.84. The van der Waals surface area contributed by atoms with Crippen molar-refractivity contribution in [1.29, 1.82) is 0 Å². The lowest BCUT2D eigenvalue weighted by Gasteiger charge is -2.25. The highest BCUT2D eigenvalue weighted by molar-refractivity contribution is 6.32. The average Bonchev–Trinajstić information content (AvgIpc) is 2.28. The van der Waals surface area contributed by atoms with Crippen LogP contribution in [0.15, 0.2) is 30.5 Å². The molecule has 3 heteroatoms. The molecule has 0 saturated carbocycles. The van der Waals surface area contributed by atoms with Gasteiger partial charge in [0.1, 0.15) is 0 Å². The summed E-state index contributed by atoms with van der Waals surface area (Å²) < 4.78 is 0. The summed E-state index contributed by atoms with van der Waals surface area (Å²) in [5.74, 6) is 0. The van der Waals surface area contributed by atoms with Gasteiger partial charge < -0.3 is 5.73 Å². The Morgan fingerprint density at radius 2 is 2.06 bits per heavy atom. The molecule has 1 heterocycles. The van der Waals surface area contributed by atoms with Crippen molar-refractivity contribution in [2.45, 2.75) is 19.3 Å². The minimum atomic E-state index is -0.162. The summed E-state index contributed by atoms with van der Waals surface area (Å²) in [7, 11) is 0. The Morgan fingerprint density at radius 3 is 2.75 bits per heavy atom. The Morgan fingerprint density at radius 1 is 1.31 bits per heavy atom. The van der Waals surface area contributed by atoms with Crippen LogP contribution in [0.25, 0.3) is 10.9 Å². The van der Waals surface area contributed by atoms with Crippen molar-refractivity contribution in [1.82, 2.24) is 4.98 Å². The number of fused-ring (bicyclic) bond motifs is 1. The summed E-state index contributed by atoms with van der Waals surface area (Å²) in [6.07, 6.45) is 1.79. The lowest BCUT2D eigenvalue weighted by Crippen LogP contribution is -2.28. The SMILES string of the molecule is CC(C)(CN)c1c(Cl)ccc2cccnc12. The van der Waals surface area contributed by atoms with E-state index in [1.54, 1.807) is 6.20 Å². The van der Waals surface area contributed by atoms with Gasteiger partial charge in [-0.05, 0) is 12.1 Å². The summed E-state index contributed by atoms with van der Waals surface area (Å²) >= 11 is 6.27. The van der Waals surface area contributed by atoms with E-state index in [2.05, 4.69) is 18.8 Å². The second-order valence-corrected chi connectivity index (χ2v) is 4.99. The molecule has 0 atom stereocenters. The van der Waals surface area contributed by atoms with E-state index in [-0.39, 0.29) is 5.41 Å². The molecular weight excluding hydrogens is 220 g/mol. The first-order valence-corrected chi connectivity index (χ1v) is 5.68. The van der Waals surface area contributed by atoms with E-state index in [9.17, 15) is 0 Å². The maximum atomic E-state index is 6.27. The van der Waals surface area contributed by atoms with Crippen LogP contribution in [0.3, 0.4) is 0 Å². The van der Waals surface area contributed by atoms with Crippen LogP contribution in [0, 0.1) is 0 Å². The number of halogens is 1. The number of benzene rings is 1. The normalized spacial score (nSPS) is 12.0. The molecule has 0 bridgehead atoms. The third kappa shape index (κ3) is 1.79. The molecule has 2 rings (SSSR count). The molecule has 0 amide bonds. The predicted octanol–water partition coefficient (Wildman–Crippen LogP) is 3.12. The zero-order chi connectivity index (χ0) is 11.8. The minimum Gasteiger partial charge on any atom is -0.330 e. The standard InChI is InChI=1S/C13H15ClN2/c1-13(2,8-15)11-10(14)6-5-9-4-3-7-16-12(9)11/h3-7H,8,15H2,1-2H3. The fourth-order valence-electron chi connectivity index (χ4n) is 1.87. The molecule has 0 aliphatic carbocycles. The van der Waals surface area contributed by atoms with E-state index in [0.29, 0.717) is 6.54 Å². The molecule has 0 spiro atoms. The molecule has 1 aromatic heterocycles. The van der Waals surface area contributed by atoms with Crippen LogP contribution in [-0.4, -0.2) is 11.5 Å². The van der Waals surface area contributed by atoms with E-state index in [1.807, 2.05) is 24.3 Å². The van der Waals surface area contributed by atoms with Crippen molar-refractivity contribution in [3.05, 3.63) is 41.0 Å². The number of hydrogen-bond acceptors (Lipinski definition) is 2. The first kappa shape index (κ1) is 11.4. The van der Waals surface area contributed by atoms with E-state index in [1.165, 1.54) is 0 Å². The molecule has 84 valence electrons. The van der Waals surface area contributed by atoms with Gasteiger partial charge in [0.2, 0.25) is 0 Å². The van der Waals surface area contributed by atoms with Crippen LogP contribution in [0.1, 0.15) is 19.4 Å². The molecular formula is C13H15ClN2. The maximum Gasteiger partial charge on any atom is 0.0754 e. The number of nitrogens with zero attached hydrogens (tertiary/aromatic N) is 1. The minimum absolute atomic E-state index is 0.162. The predicted molar refractivity (Wildman–Crippen MR) is 68.8 cm³/mol. The summed E-state index contributed by atoms with van der Waals surface area (Å²) in [4.78, 5) is 4.42. The highest BCUT2D eigenvalue weighted by atomic mass is 35.5. The Hall–Kier alpha value is -1.12. The van der Waals surface area contributed by atoms with Crippen LogP contribution in [0.4, 0.5) is 0 Å². The van der Waals surface area contributed by atoms with Gasteiger partial charge in [-0.1, -0.05) is 37.6 Å². The van der Waals surface area contributed by atoms with Crippen molar-refractivity contribution in [3.63, 3.8) is 0 Å². The molecule has 2 N–H and O–H groups in total. The third-order valence-electron chi connectivity index (χ3n) is 2.91. The van der Waals surface area contributed by atoms with Gasteiger partial charge in [-0.2, -0.15) is 0 Å². The molecule has 0 aliphatic heterocycles. The first-order valence-electron chi connectivity index (χ1n) is 5.30. The van der Waals surface area contributed by atoms with Crippen molar-refractivity contribution in [3.8, 4) is 0 Å². The molecule has 2 nitrogen and oxygen atoms in total. The molecule has 0 saturated heterocycles. The topological polar surface area (TPSA) is 38.9 Å². The molecule has 0 unspecified atom stereocenters. The summed E-state index contributed by atoms with van der Waals surface area (Å²) in [6, 6.07) is 7.86. The fraction of sp³-hybridized carbons (Fsp3) is 0.308. The zero-order valence-corrected chi connectivity index (χ0v) is 10.3. The molecule has 0 fully saturated rings. The molecule has 16 heavy (non-hydrogen) atoms. The number of aromatic nitrogens is 1. The van der Waals surface area contributed by atoms with Gasteiger partial charge in [-0.15, -0.1) is 0 Å². The van der Waals surface area contributed by atoms with E-state index >= 15 is 0 Å². The van der Waals surface area contributed by atoms with E-state index < -0.39 is 0 Å². The number of hydrogen-bond donors (Lipinski definition) is 1. The lowest BCUT2D eigenvalue weighted by molar-refractivity contribution is 0.543. The summed E-state index contributed by atoms with van der Waals surface area (Å²) in [5.41, 5.74) is 7.64. The smallest absolute Gasteiger partial charge is 0.0754 e. The molecule has 0 radical (unpaired) electrons. The second-order valence-electron chi connectivity index (χ2n) is 4.59. The van der Waals surface area contributed by atoms with Crippen LogP contribution < -0.4 is 5.73 Å². The second kappa shape index (κ2) is 4.04. The first-order chi connectivity index (χ1) is 7.56. The monoisotopic (exact) mass is 234 g/mol. The van der Waals surface area contributed by atoms with Gasteiger partial charge in [0.25, 0.3) is 0 Å². The molecule has 2 aromatic rings. The third-order valence-corrected chi connectivity index (χ3v) is 3.23. The van der Waals surface area contributed by atoms with Gasteiger partial charge in [-0.25, -0.2) is 0 Å². The van der Waals surface area contributed by atoms with E-state index in [0.717, 1.165) is 21.5 Å². The largest absolute Gasteiger partial charge is 0.330 e. The number of rotatable bonds is 2. The lowest BCUT2D eigenvalue weighted by atomic mass is 9.83. The van der Waals surface area contributed by atoms with Gasteiger partial charge in [0.05, 0.1) is 5.52 Å². The highest BCUT2D eigenvalue weighted by Crippen LogP contribution is 2.34. The van der Waals surface area contributed by atoms with Crippen molar-refractivity contribution in [2.24, 2.45) is 5.73 Å². The maximum absolute atomic E-state index is 6.27. The number of nitrogens with two attached hydrogens (primary N) is 1. The number of pyridine rings is 1. The van der Waals surface area contributed by atoms with Crippen molar-refractivity contribution in [2.75, 3.05) is 6.54 Å². The Labute approximate surface area is 100 Å². The zero-order valence-electron chi connectivity index (χ0n) is 9.50. The quantitative estimate of drug-likeness (QED) is 0.867. The molecule has 0 aliphatic rings. The van der Waals surface area contributed by atoms with Crippen molar-refractivity contribution < 1.29 is 0 Å². The van der Waals surface area contributed by atoms with E-state index in [4.69, 9.17) is 17.3 Å².